The Bertz CT molecular complexity index is 675. The zero-order chi connectivity index (χ0) is 13.9. The van der Waals surface area contributed by atoms with Crippen LogP contribution < -0.4 is 5.32 Å². The maximum Gasteiger partial charge on any atom is 0.138 e. The molecule has 0 aliphatic rings. The second kappa shape index (κ2) is 5.87. The van der Waals surface area contributed by atoms with Crippen LogP contribution >= 0.6 is 22.7 Å². The van der Waals surface area contributed by atoms with E-state index < -0.39 is 0 Å². The fourth-order valence-corrected chi connectivity index (χ4v) is 3.80. The highest BCUT2D eigenvalue weighted by Gasteiger charge is 2.15. The van der Waals surface area contributed by atoms with Crippen LogP contribution in [0.15, 0.2) is 35.3 Å². The van der Waals surface area contributed by atoms with Crippen LogP contribution in [0.5, 0.6) is 0 Å². The topological polar surface area (TPSA) is 41.0 Å². The predicted octanol–water partition coefficient (Wildman–Crippen LogP) is 3.47. The van der Waals surface area contributed by atoms with Gasteiger partial charge in [0.05, 0.1) is 11.4 Å². The zero-order valence-corrected chi connectivity index (χ0v) is 13.0. The monoisotopic (exact) mass is 304 g/mol. The average molecular weight is 304 g/mol. The van der Waals surface area contributed by atoms with Gasteiger partial charge in [0.1, 0.15) is 17.0 Å². The molecule has 0 radical (unpaired) electrons. The molecule has 3 rings (SSSR count). The summed E-state index contributed by atoms with van der Waals surface area (Å²) in [7, 11) is 4.21. The second-order valence-electron chi connectivity index (χ2n) is 4.74. The molecule has 3 aromatic heterocycles. The number of thiophene rings is 2. The maximum atomic E-state index is 4.36. The Labute approximate surface area is 126 Å². The lowest BCUT2D eigenvalue weighted by molar-refractivity contribution is 0.316. The molecule has 0 fully saturated rings. The van der Waals surface area contributed by atoms with Crippen molar-refractivity contribution in [2.75, 3.05) is 26.0 Å². The molecule has 20 heavy (non-hydrogen) atoms. The maximum absolute atomic E-state index is 4.36. The summed E-state index contributed by atoms with van der Waals surface area (Å²) in [5.74, 6) is 0.916. The van der Waals surface area contributed by atoms with Crippen molar-refractivity contribution in [2.24, 2.45) is 0 Å². The third-order valence-electron chi connectivity index (χ3n) is 3.22. The van der Waals surface area contributed by atoms with Crippen molar-refractivity contribution in [1.82, 2.24) is 14.9 Å². The van der Waals surface area contributed by atoms with Crippen molar-refractivity contribution in [3.8, 4) is 0 Å². The van der Waals surface area contributed by atoms with E-state index in [0.717, 1.165) is 22.6 Å². The highest BCUT2D eigenvalue weighted by atomic mass is 32.1. The van der Waals surface area contributed by atoms with Gasteiger partial charge in [-0.25, -0.2) is 9.97 Å². The van der Waals surface area contributed by atoms with Crippen LogP contribution in [-0.4, -0.2) is 35.5 Å². The first-order chi connectivity index (χ1) is 9.75. The van der Waals surface area contributed by atoms with E-state index >= 15 is 0 Å². The molecule has 1 atom stereocenters. The van der Waals surface area contributed by atoms with Crippen molar-refractivity contribution in [2.45, 2.75) is 6.04 Å². The first kappa shape index (κ1) is 13.5. The second-order valence-corrected chi connectivity index (χ2v) is 6.61. The lowest BCUT2D eigenvalue weighted by atomic mass is 10.2. The highest BCUT2D eigenvalue weighted by Crippen LogP contribution is 2.26. The van der Waals surface area contributed by atoms with Crippen LogP contribution in [0.4, 0.5) is 5.82 Å². The number of hydrogen-bond acceptors (Lipinski definition) is 6. The largest absolute Gasteiger partial charge is 0.367 e. The normalized spacial score (nSPS) is 12.9. The Kier molecular flexibility index (Phi) is 3.95. The van der Waals surface area contributed by atoms with Gasteiger partial charge >= 0.3 is 0 Å². The van der Waals surface area contributed by atoms with Crippen LogP contribution in [0.1, 0.15) is 10.9 Å². The minimum absolute atomic E-state index is 0.346. The summed E-state index contributed by atoms with van der Waals surface area (Å²) < 4.78 is 0. The summed E-state index contributed by atoms with van der Waals surface area (Å²) in [6, 6.07) is 6.69. The van der Waals surface area contributed by atoms with E-state index in [2.05, 4.69) is 57.9 Å². The molecule has 0 aliphatic carbocycles. The summed E-state index contributed by atoms with van der Waals surface area (Å²) in [5.41, 5.74) is 0. The van der Waals surface area contributed by atoms with Gasteiger partial charge in [-0.1, -0.05) is 6.07 Å². The van der Waals surface area contributed by atoms with Gasteiger partial charge in [-0.2, -0.15) is 0 Å². The Morgan fingerprint density at radius 2 is 2.10 bits per heavy atom. The van der Waals surface area contributed by atoms with Crippen molar-refractivity contribution < 1.29 is 0 Å². The van der Waals surface area contributed by atoms with Crippen molar-refractivity contribution in [3.05, 3.63) is 40.2 Å². The van der Waals surface area contributed by atoms with E-state index in [1.54, 1.807) is 29.0 Å². The number of nitrogens with zero attached hydrogens (tertiary/aromatic N) is 3. The summed E-state index contributed by atoms with van der Waals surface area (Å²) in [4.78, 5) is 13.2. The van der Waals surface area contributed by atoms with Gasteiger partial charge in [0.15, 0.2) is 0 Å². The third kappa shape index (κ3) is 2.67. The van der Waals surface area contributed by atoms with Gasteiger partial charge < -0.3 is 10.2 Å². The first-order valence-corrected chi connectivity index (χ1v) is 8.13. The number of anilines is 1. The van der Waals surface area contributed by atoms with E-state index in [4.69, 9.17) is 0 Å². The van der Waals surface area contributed by atoms with Crippen molar-refractivity contribution >= 4 is 38.7 Å². The van der Waals surface area contributed by atoms with Gasteiger partial charge in [0.2, 0.25) is 0 Å². The van der Waals surface area contributed by atoms with Gasteiger partial charge in [-0.05, 0) is 37.0 Å². The molecular weight excluding hydrogens is 288 g/mol. The molecule has 0 spiro atoms. The predicted molar refractivity (Wildman–Crippen MR) is 86.7 cm³/mol. The number of likely N-dealkylation sites (N-methyl/N-ethyl adjacent to an activating group) is 1. The number of hydrogen-bond donors (Lipinski definition) is 1. The highest BCUT2D eigenvalue weighted by molar-refractivity contribution is 7.16. The van der Waals surface area contributed by atoms with E-state index in [9.17, 15) is 0 Å². The van der Waals surface area contributed by atoms with Gasteiger partial charge in [0, 0.05) is 11.4 Å². The van der Waals surface area contributed by atoms with E-state index in [1.807, 2.05) is 5.38 Å². The van der Waals surface area contributed by atoms with Gasteiger partial charge in [-0.15, -0.1) is 22.7 Å². The Balaban J connectivity index is 1.79. The molecule has 0 saturated heterocycles. The Hall–Kier alpha value is -1.50. The molecule has 0 saturated carbocycles. The van der Waals surface area contributed by atoms with Gasteiger partial charge in [0.25, 0.3) is 0 Å². The number of aromatic nitrogens is 2. The fraction of sp³-hybridized carbons (Fsp3) is 0.286. The number of rotatable bonds is 5. The summed E-state index contributed by atoms with van der Waals surface area (Å²) in [6.45, 7) is 0.829. The van der Waals surface area contributed by atoms with Crippen LogP contribution in [0.25, 0.3) is 10.2 Å². The molecule has 0 aliphatic heterocycles. The average Bonchev–Trinajstić information content (AvgIpc) is 3.09. The van der Waals surface area contributed by atoms with E-state index in [0.29, 0.717) is 6.04 Å². The summed E-state index contributed by atoms with van der Waals surface area (Å²) in [5, 5.41) is 8.73. The molecule has 0 amide bonds. The fourth-order valence-electron chi connectivity index (χ4n) is 2.14. The molecule has 104 valence electrons. The smallest absolute Gasteiger partial charge is 0.138 e. The van der Waals surface area contributed by atoms with E-state index in [1.165, 1.54) is 4.88 Å². The Morgan fingerprint density at radius 3 is 2.85 bits per heavy atom. The van der Waals surface area contributed by atoms with Crippen molar-refractivity contribution in [3.63, 3.8) is 0 Å². The molecule has 3 aromatic rings. The third-order valence-corrected chi connectivity index (χ3v) is 5.01. The standard InChI is InChI=1S/C14H16N4S2/c1-18(2)11(12-4-3-6-19-12)8-15-13-10-5-7-20-14(10)17-9-16-13/h3-7,9,11H,8H2,1-2H3,(H,15,16,17)/t11-/m0/s1. The lowest BCUT2D eigenvalue weighted by Crippen LogP contribution is -2.26. The SMILES string of the molecule is CN(C)[C@@H](CNc1ncnc2sccc12)c1cccs1. The lowest BCUT2D eigenvalue weighted by Gasteiger charge is -2.23. The molecule has 0 unspecified atom stereocenters. The first-order valence-electron chi connectivity index (χ1n) is 6.37. The number of fused-ring (bicyclic) bond motifs is 1. The summed E-state index contributed by atoms with van der Waals surface area (Å²) in [6.07, 6.45) is 1.62. The molecular formula is C14H16N4S2. The minimum atomic E-state index is 0.346. The zero-order valence-electron chi connectivity index (χ0n) is 11.4. The summed E-state index contributed by atoms with van der Waals surface area (Å²) >= 11 is 3.43. The van der Waals surface area contributed by atoms with Crippen LogP contribution in [0.3, 0.4) is 0 Å². The molecule has 4 nitrogen and oxygen atoms in total. The molecule has 6 heteroatoms. The molecule has 3 heterocycles. The van der Waals surface area contributed by atoms with Crippen LogP contribution in [0, 0.1) is 0 Å². The van der Waals surface area contributed by atoms with Crippen molar-refractivity contribution in [1.29, 1.82) is 0 Å². The molecule has 0 aromatic carbocycles. The molecule has 1 N–H and O–H groups in total. The quantitative estimate of drug-likeness (QED) is 0.783. The van der Waals surface area contributed by atoms with Crippen LogP contribution in [0.2, 0.25) is 0 Å². The molecule has 0 bridgehead atoms. The minimum Gasteiger partial charge on any atom is -0.367 e. The Morgan fingerprint density at radius 1 is 1.20 bits per heavy atom. The number of nitrogens with one attached hydrogen (secondary N) is 1. The van der Waals surface area contributed by atoms with Crippen LogP contribution in [-0.2, 0) is 0 Å². The van der Waals surface area contributed by atoms with E-state index in [-0.39, 0.29) is 0 Å². The van der Waals surface area contributed by atoms with Gasteiger partial charge in [-0.3, -0.25) is 0 Å².